The van der Waals surface area contributed by atoms with Gasteiger partial charge < -0.3 is 5.11 Å². The van der Waals surface area contributed by atoms with E-state index in [0.29, 0.717) is 18.1 Å². The Hall–Kier alpha value is -1.61. The summed E-state index contributed by atoms with van der Waals surface area (Å²) in [5.74, 6) is -1.12. The number of carboxylic acids is 1. The summed E-state index contributed by atoms with van der Waals surface area (Å²) in [6.07, 6.45) is -5.21. The van der Waals surface area contributed by atoms with Crippen molar-refractivity contribution >= 4 is 16.0 Å². The molecule has 1 aromatic rings. The Labute approximate surface area is 119 Å². The molecule has 0 saturated carbocycles. The lowest BCUT2D eigenvalue weighted by atomic mass is 10.1. The average Bonchev–Trinajstić information content (AvgIpc) is 2.35. The normalized spacial score (nSPS) is 13.9. The lowest BCUT2D eigenvalue weighted by Gasteiger charge is -2.17. The molecule has 0 fully saturated rings. The fraction of sp³-hybridized carbons (Fsp3) is 0.417. The molecule has 1 aromatic carbocycles. The molecule has 9 heteroatoms. The molecular formula is C12H14F3NO4S. The Morgan fingerprint density at radius 3 is 2.29 bits per heavy atom. The third-order valence-electron chi connectivity index (χ3n) is 2.85. The van der Waals surface area contributed by atoms with E-state index in [4.69, 9.17) is 5.11 Å². The van der Waals surface area contributed by atoms with E-state index >= 15 is 0 Å². The molecule has 0 aromatic heterocycles. The molecule has 0 amide bonds. The highest BCUT2D eigenvalue weighted by Gasteiger charge is 2.44. The molecule has 0 radical (unpaired) electrons. The Kier molecular flexibility index (Phi) is 5.35. The van der Waals surface area contributed by atoms with E-state index in [1.165, 1.54) is 12.1 Å². The van der Waals surface area contributed by atoms with Crippen LogP contribution in [-0.2, 0) is 27.8 Å². The van der Waals surface area contributed by atoms with Gasteiger partial charge in [-0.15, -0.1) is 0 Å². The monoisotopic (exact) mass is 325 g/mol. The van der Waals surface area contributed by atoms with Crippen LogP contribution in [0.4, 0.5) is 13.2 Å². The minimum absolute atomic E-state index is 0.317. The largest absolute Gasteiger partial charge is 0.481 e. The average molecular weight is 325 g/mol. The van der Waals surface area contributed by atoms with Crippen molar-refractivity contribution in [3.05, 3.63) is 35.4 Å². The summed E-state index contributed by atoms with van der Waals surface area (Å²) in [7, 11) is -4.58. The summed E-state index contributed by atoms with van der Waals surface area (Å²) < 4.78 is 62.2. The summed E-state index contributed by atoms with van der Waals surface area (Å²) in [4.78, 5) is 10.7. The van der Waals surface area contributed by atoms with E-state index < -0.39 is 34.0 Å². The van der Waals surface area contributed by atoms with Crippen LogP contribution in [0.25, 0.3) is 0 Å². The SMILES string of the molecule is CC(C(F)(F)F)S(=O)(=O)NCc1ccccc1CC(=O)O. The number of hydrogen-bond donors (Lipinski definition) is 2. The van der Waals surface area contributed by atoms with Crippen LogP contribution in [0.1, 0.15) is 18.1 Å². The summed E-state index contributed by atoms with van der Waals surface area (Å²) in [5.41, 5.74) is 0.658. The predicted octanol–water partition coefficient (Wildman–Crippen LogP) is 1.68. The Morgan fingerprint density at radius 2 is 1.81 bits per heavy atom. The van der Waals surface area contributed by atoms with Gasteiger partial charge in [0.15, 0.2) is 5.25 Å². The molecule has 0 aliphatic rings. The van der Waals surface area contributed by atoms with Gasteiger partial charge in [-0.2, -0.15) is 13.2 Å². The molecule has 2 N–H and O–H groups in total. The van der Waals surface area contributed by atoms with E-state index in [1.807, 2.05) is 4.72 Å². The van der Waals surface area contributed by atoms with Crippen LogP contribution in [0.15, 0.2) is 24.3 Å². The molecule has 0 spiro atoms. The minimum atomic E-state index is -4.87. The molecule has 1 atom stereocenters. The summed E-state index contributed by atoms with van der Waals surface area (Å²) in [5, 5.41) is 6.18. The van der Waals surface area contributed by atoms with Crippen LogP contribution in [0.2, 0.25) is 0 Å². The number of benzene rings is 1. The number of carboxylic acid groups (broad SMARTS) is 1. The first-order valence-corrected chi connectivity index (χ1v) is 7.42. The zero-order chi connectivity index (χ0) is 16.3. The minimum Gasteiger partial charge on any atom is -0.481 e. The summed E-state index contributed by atoms with van der Waals surface area (Å²) in [6, 6.07) is 6.04. The molecule has 0 heterocycles. The number of hydrogen-bond acceptors (Lipinski definition) is 3. The van der Waals surface area contributed by atoms with E-state index in [2.05, 4.69) is 0 Å². The van der Waals surface area contributed by atoms with Gasteiger partial charge in [-0.05, 0) is 18.1 Å². The first-order valence-electron chi connectivity index (χ1n) is 5.88. The molecule has 118 valence electrons. The number of aliphatic carboxylic acids is 1. The molecule has 21 heavy (non-hydrogen) atoms. The molecule has 0 bridgehead atoms. The van der Waals surface area contributed by atoms with Gasteiger partial charge in [0.05, 0.1) is 6.42 Å². The quantitative estimate of drug-likeness (QED) is 0.833. The van der Waals surface area contributed by atoms with Crippen molar-refractivity contribution in [1.29, 1.82) is 0 Å². The van der Waals surface area contributed by atoms with Crippen molar-refractivity contribution in [3.8, 4) is 0 Å². The molecule has 5 nitrogen and oxygen atoms in total. The maximum absolute atomic E-state index is 12.4. The zero-order valence-electron chi connectivity index (χ0n) is 11.0. The number of sulfonamides is 1. The van der Waals surface area contributed by atoms with Crippen molar-refractivity contribution in [3.63, 3.8) is 0 Å². The van der Waals surface area contributed by atoms with Gasteiger partial charge in [0, 0.05) is 6.54 Å². The Bertz CT molecular complexity index is 613. The Morgan fingerprint density at radius 1 is 1.29 bits per heavy atom. The van der Waals surface area contributed by atoms with Crippen molar-refractivity contribution in [1.82, 2.24) is 4.72 Å². The number of nitrogens with one attached hydrogen (secondary N) is 1. The first-order chi connectivity index (χ1) is 9.54. The van der Waals surface area contributed by atoms with Gasteiger partial charge in [-0.3, -0.25) is 4.79 Å². The summed E-state index contributed by atoms with van der Waals surface area (Å²) >= 11 is 0. The third kappa shape index (κ3) is 5.01. The topological polar surface area (TPSA) is 83.5 Å². The number of carbonyl (C=O) groups is 1. The predicted molar refractivity (Wildman–Crippen MR) is 69.1 cm³/mol. The van der Waals surface area contributed by atoms with Crippen LogP contribution in [0, 0.1) is 0 Å². The third-order valence-corrected chi connectivity index (χ3v) is 4.60. The van der Waals surface area contributed by atoms with Gasteiger partial charge in [0.25, 0.3) is 0 Å². The highest BCUT2D eigenvalue weighted by Crippen LogP contribution is 2.25. The second kappa shape index (κ2) is 6.44. The highest BCUT2D eigenvalue weighted by atomic mass is 32.2. The van der Waals surface area contributed by atoms with Crippen molar-refractivity contribution in [2.24, 2.45) is 0 Å². The van der Waals surface area contributed by atoms with Crippen molar-refractivity contribution in [2.45, 2.75) is 31.3 Å². The van der Waals surface area contributed by atoms with Gasteiger partial charge in [-0.1, -0.05) is 24.3 Å². The van der Waals surface area contributed by atoms with Crippen LogP contribution >= 0.6 is 0 Å². The second-order valence-corrected chi connectivity index (χ2v) is 6.47. The zero-order valence-corrected chi connectivity index (χ0v) is 11.8. The van der Waals surface area contributed by atoms with Gasteiger partial charge in [0.2, 0.25) is 10.0 Å². The standard InChI is InChI=1S/C12H14F3NO4S/c1-8(12(13,14)15)21(19,20)16-7-10-5-3-2-4-9(10)6-11(17)18/h2-5,8,16H,6-7H2,1H3,(H,17,18). The highest BCUT2D eigenvalue weighted by molar-refractivity contribution is 7.90. The van der Waals surface area contributed by atoms with Crippen LogP contribution in [-0.4, -0.2) is 30.9 Å². The lowest BCUT2D eigenvalue weighted by Crippen LogP contribution is -2.41. The van der Waals surface area contributed by atoms with Crippen molar-refractivity contribution in [2.75, 3.05) is 0 Å². The summed E-state index contributed by atoms with van der Waals surface area (Å²) in [6.45, 7) is 0.150. The second-order valence-electron chi connectivity index (χ2n) is 4.39. The molecule has 0 saturated heterocycles. The van der Waals surface area contributed by atoms with Gasteiger partial charge in [-0.25, -0.2) is 13.1 Å². The van der Waals surface area contributed by atoms with E-state index in [1.54, 1.807) is 12.1 Å². The lowest BCUT2D eigenvalue weighted by molar-refractivity contribution is -0.136. The van der Waals surface area contributed by atoms with Crippen LogP contribution in [0.3, 0.4) is 0 Å². The van der Waals surface area contributed by atoms with E-state index in [9.17, 15) is 26.4 Å². The fourth-order valence-electron chi connectivity index (χ4n) is 1.54. The molecule has 0 aliphatic heterocycles. The first kappa shape index (κ1) is 17.4. The van der Waals surface area contributed by atoms with Gasteiger partial charge >= 0.3 is 12.1 Å². The maximum Gasteiger partial charge on any atom is 0.406 e. The van der Waals surface area contributed by atoms with E-state index in [-0.39, 0.29) is 6.42 Å². The van der Waals surface area contributed by atoms with E-state index in [0.717, 1.165) is 0 Å². The molecule has 1 unspecified atom stereocenters. The molecular weight excluding hydrogens is 311 g/mol. The van der Waals surface area contributed by atoms with Crippen molar-refractivity contribution < 1.29 is 31.5 Å². The maximum atomic E-state index is 12.4. The number of rotatable bonds is 6. The fourth-order valence-corrected chi connectivity index (χ4v) is 2.50. The Balaban J connectivity index is 2.87. The molecule has 1 rings (SSSR count). The number of halogens is 3. The van der Waals surface area contributed by atoms with Gasteiger partial charge in [0.1, 0.15) is 0 Å². The smallest absolute Gasteiger partial charge is 0.406 e. The van der Waals surface area contributed by atoms with Crippen LogP contribution < -0.4 is 4.72 Å². The number of alkyl halides is 3. The van der Waals surface area contributed by atoms with Crippen LogP contribution in [0.5, 0.6) is 0 Å². The molecule has 0 aliphatic carbocycles.